The van der Waals surface area contributed by atoms with E-state index in [1.54, 1.807) is 11.8 Å². The molecule has 0 aromatic heterocycles. The van der Waals surface area contributed by atoms with Gasteiger partial charge in [0, 0.05) is 25.9 Å². The minimum atomic E-state index is -1.05. The summed E-state index contributed by atoms with van der Waals surface area (Å²) in [6.07, 6.45) is 0.798. The van der Waals surface area contributed by atoms with Gasteiger partial charge in [-0.3, -0.25) is 14.4 Å². The monoisotopic (exact) mass is 346 g/mol. The lowest BCUT2D eigenvalue weighted by molar-refractivity contribution is -0.151. The first-order valence-electron chi connectivity index (χ1n) is 8.70. The Morgan fingerprint density at radius 1 is 1.24 bits per heavy atom. The molecule has 6 heteroatoms. The van der Waals surface area contributed by atoms with E-state index in [0.717, 1.165) is 11.1 Å². The van der Waals surface area contributed by atoms with Gasteiger partial charge in [-0.2, -0.15) is 0 Å². The van der Waals surface area contributed by atoms with Crippen molar-refractivity contribution in [2.45, 2.75) is 46.2 Å². The van der Waals surface area contributed by atoms with Gasteiger partial charge >= 0.3 is 5.97 Å². The summed E-state index contributed by atoms with van der Waals surface area (Å²) in [5, 5.41) is 9.04. The normalized spacial score (nSPS) is 16.5. The fourth-order valence-corrected chi connectivity index (χ4v) is 3.19. The highest BCUT2D eigenvalue weighted by molar-refractivity contribution is 5.90. The second-order valence-corrected chi connectivity index (χ2v) is 6.85. The summed E-state index contributed by atoms with van der Waals surface area (Å²) in [4.78, 5) is 39.6. The van der Waals surface area contributed by atoms with Crippen molar-refractivity contribution in [1.82, 2.24) is 9.80 Å². The minimum Gasteiger partial charge on any atom is -0.480 e. The molecule has 1 atom stereocenters. The summed E-state index contributed by atoms with van der Waals surface area (Å²) in [6, 6.07) is 7.14. The molecule has 1 aliphatic rings. The number of benzene rings is 1. The molecule has 1 aromatic rings. The first-order chi connectivity index (χ1) is 11.8. The van der Waals surface area contributed by atoms with Crippen molar-refractivity contribution in [1.29, 1.82) is 0 Å². The lowest BCUT2D eigenvalue weighted by atomic mass is 9.92. The molecule has 0 spiro atoms. The quantitative estimate of drug-likeness (QED) is 0.854. The van der Waals surface area contributed by atoms with E-state index in [4.69, 9.17) is 5.11 Å². The van der Waals surface area contributed by atoms with E-state index < -0.39 is 12.0 Å². The van der Waals surface area contributed by atoms with Gasteiger partial charge in [-0.05, 0) is 24.0 Å². The number of carbonyl (C=O) groups is 3. The van der Waals surface area contributed by atoms with Gasteiger partial charge in [0.25, 0.3) is 0 Å². The van der Waals surface area contributed by atoms with Crippen molar-refractivity contribution < 1.29 is 19.5 Å². The molecule has 0 bridgehead atoms. The van der Waals surface area contributed by atoms with Crippen molar-refractivity contribution >= 4 is 17.8 Å². The molecule has 25 heavy (non-hydrogen) atoms. The summed E-state index contributed by atoms with van der Waals surface area (Å²) in [7, 11) is 0. The molecule has 0 radical (unpaired) electrons. The van der Waals surface area contributed by atoms with Gasteiger partial charge < -0.3 is 14.9 Å². The molecule has 1 heterocycles. The van der Waals surface area contributed by atoms with Crippen LogP contribution in [-0.4, -0.2) is 51.8 Å². The van der Waals surface area contributed by atoms with E-state index in [-0.39, 0.29) is 24.3 Å². The zero-order chi connectivity index (χ0) is 18.6. The van der Waals surface area contributed by atoms with E-state index in [0.29, 0.717) is 25.9 Å². The average Bonchev–Trinajstić information content (AvgIpc) is 2.57. The fourth-order valence-electron chi connectivity index (χ4n) is 3.19. The van der Waals surface area contributed by atoms with Crippen molar-refractivity contribution in [3.63, 3.8) is 0 Å². The molecule has 1 aromatic carbocycles. The standard InChI is InChI=1S/C19H26N2O4/c1-4-20(12-18(23)24)19(25)16-10-14-7-5-6-8-15(14)11-21(16)17(22)9-13(2)3/h5-8,13,16H,4,9-12H2,1-3H3,(H,23,24). The Labute approximate surface area is 148 Å². The lowest BCUT2D eigenvalue weighted by Gasteiger charge is -2.38. The van der Waals surface area contributed by atoms with Crippen LogP contribution in [0.15, 0.2) is 24.3 Å². The van der Waals surface area contributed by atoms with E-state index in [1.807, 2.05) is 38.1 Å². The Morgan fingerprint density at radius 3 is 2.44 bits per heavy atom. The van der Waals surface area contributed by atoms with Crippen LogP contribution in [0.25, 0.3) is 0 Å². The van der Waals surface area contributed by atoms with E-state index in [9.17, 15) is 14.4 Å². The smallest absolute Gasteiger partial charge is 0.323 e. The second kappa shape index (κ2) is 8.14. The van der Waals surface area contributed by atoms with Crippen molar-refractivity contribution in [2.75, 3.05) is 13.1 Å². The van der Waals surface area contributed by atoms with Crippen LogP contribution in [0.3, 0.4) is 0 Å². The number of hydrogen-bond donors (Lipinski definition) is 1. The van der Waals surface area contributed by atoms with Crippen LogP contribution in [0, 0.1) is 5.92 Å². The highest BCUT2D eigenvalue weighted by Gasteiger charge is 2.36. The predicted molar refractivity (Wildman–Crippen MR) is 93.8 cm³/mol. The number of carboxylic acids is 1. The number of aliphatic carboxylic acids is 1. The minimum absolute atomic E-state index is 0.0609. The molecule has 0 saturated carbocycles. The maximum absolute atomic E-state index is 12.9. The third-order valence-electron chi connectivity index (χ3n) is 4.46. The third-order valence-corrected chi connectivity index (χ3v) is 4.46. The molecule has 2 rings (SSSR count). The Hall–Kier alpha value is -2.37. The Balaban J connectivity index is 2.31. The number of amides is 2. The number of carbonyl (C=O) groups excluding carboxylic acids is 2. The third kappa shape index (κ3) is 4.59. The van der Waals surface area contributed by atoms with Crippen molar-refractivity contribution in [3.8, 4) is 0 Å². The van der Waals surface area contributed by atoms with Gasteiger partial charge in [0.1, 0.15) is 12.6 Å². The lowest BCUT2D eigenvalue weighted by Crippen LogP contribution is -2.54. The summed E-state index contributed by atoms with van der Waals surface area (Å²) < 4.78 is 0. The summed E-state index contributed by atoms with van der Waals surface area (Å²) >= 11 is 0. The van der Waals surface area contributed by atoms with Crippen LogP contribution < -0.4 is 0 Å². The van der Waals surface area contributed by atoms with Gasteiger partial charge in [0.2, 0.25) is 11.8 Å². The van der Waals surface area contributed by atoms with Gasteiger partial charge in [0.15, 0.2) is 0 Å². The molecule has 1 aliphatic heterocycles. The zero-order valence-electron chi connectivity index (χ0n) is 15.1. The molecule has 0 saturated heterocycles. The maximum atomic E-state index is 12.9. The average molecular weight is 346 g/mol. The Morgan fingerprint density at radius 2 is 1.88 bits per heavy atom. The van der Waals surface area contributed by atoms with E-state index >= 15 is 0 Å². The van der Waals surface area contributed by atoms with Crippen molar-refractivity contribution in [3.05, 3.63) is 35.4 Å². The number of carboxylic acid groups (broad SMARTS) is 1. The fraction of sp³-hybridized carbons (Fsp3) is 0.526. The SMILES string of the molecule is CCN(CC(=O)O)C(=O)C1Cc2ccccc2CN1C(=O)CC(C)C. The molecular formula is C19H26N2O4. The molecule has 1 N–H and O–H groups in total. The van der Waals surface area contributed by atoms with E-state index in [2.05, 4.69) is 0 Å². The van der Waals surface area contributed by atoms with Crippen LogP contribution >= 0.6 is 0 Å². The van der Waals surface area contributed by atoms with Gasteiger partial charge in [-0.1, -0.05) is 38.1 Å². The summed E-state index contributed by atoms with van der Waals surface area (Å²) in [5.74, 6) is -1.21. The number of rotatable bonds is 6. The molecule has 0 fully saturated rings. The molecule has 6 nitrogen and oxygen atoms in total. The Bertz CT molecular complexity index is 657. The van der Waals surface area contributed by atoms with Crippen LogP contribution in [0.5, 0.6) is 0 Å². The van der Waals surface area contributed by atoms with Crippen LogP contribution in [0.2, 0.25) is 0 Å². The molecular weight excluding hydrogens is 320 g/mol. The highest BCUT2D eigenvalue weighted by Crippen LogP contribution is 2.26. The predicted octanol–water partition coefficient (Wildman–Crippen LogP) is 1.92. The van der Waals surface area contributed by atoms with E-state index in [1.165, 1.54) is 4.90 Å². The molecule has 136 valence electrons. The first kappa shape index (κ1) is 19.0. The maximum Gasteiger partial charge on any atom is 0.323 e. The van der Waals surface area contributed by atoms with Crippen LogP contribution in [0.4, 0.5) is 0 Å². The zero-order valence-corrected chi connectivity index (χ0v) is 15.1. The topological polar surface area (TPSA) is 77.9 Å². The van der Waals surface area contributed by atoms with Crippen LogP contribution in [-0.2, 0) is 27.3 Å². The number of fused-ring (bicyclic) bond motifs is 1. The summed E-state index contributed by atoms with van der Waals surface area (Å²) in [5.41, 5.74) is 2.09. The van der Waals surface area contributed by atoms with Gasteiger partial charge in [-0.25, -0.2) is 0 Å². The van der Waals surface area contributed by atoms with Crippen molar-refractivity contribution in [2.24, 2.45) is 5.92 Å². The highest BCUT2D eigenvalue weighted by atomic mass is 16.4. The first-order valence-corrected chi connectivity index (χ1v) is 8.70. The molecule has 2 amide bonds. The Kier molecular flexibility index (Phi) is 6.17. The molecule has 1 unspecified atom stereocenters. The van der Waals surface area contributed by atoms with Crippen LogP contribution in [0.1, 0.15) is 38.3 Å². The largest absolute Gasteiger partial charge is 0.480 e. The second-order valence-electron chi connectivity index (χ2n) is 6.85. The van der Waals surface area contributed by atoms with Gasteiger partial charge in [0.05, 0.1) is 0 Å². The number of hydrogen-bond acceptors (Lipinski definition) is 3. The van der Waals surface area contributed by atoms with Gasteiger partial charge in [-0.15, -0.1) is 0 Å². The number of nitrogens with zero attached hydrogens (tertiary/aromatic N) is 2. The summed E-state index contributed by atoms with van der Waals surface area (Å²) in [6.45, 7) is 6.03. The molecule has 0 aliphatic carbocycles. The number of likely N-dealkylation sites (N-methyl/N-ethyl adjacent to an activating group) is 1.